The molecule has 2 rings (SSSR count). The van der Waals surface area contributed by atoms with Crippen molar-refractivity contribution in [2.75, 3.05) is 27.4 Å². The van der Waals surface area contributed by atoms with Gasteiger partial charge < -0.3 is 54.4 Å². The number of hydroxylamine groups is 2. The van der Waals surface area contributed by atoms with Crippen molar-refractivity contribution in [3.63, 3.8) is 0 Å². The number of methoxy groups -OCH3 is 2. The Kier molecular flexibility index (Phi) is 39.2. The van der Waals surface area contributed by atoms with Crippen molar-refractivity contribution in [1.82, 2.24) is 5.06 Å². The lowest BCUT2D eigenvalue weighted by molar-refractivity contribution is -0.308. The summed E-state index contributed by atoms with van der Waals surface area (Å²) in [4.78, 5) is 47.1. The Bertz CT molecular complexity index is 1570. The third-order valence-electron chi connectivity index (χ3n) is 15.2. The van der Waals surface area contributed by atoms with Gasteiger partial charge in [0.1, 0.15) is 42.3 Å². The molecule has 6 N–H and O–H groups in total. The molecule has 75 heavy (non-hydrogen) atoms. The number of aliphatic hydroxyl groups is 6. The van der Waals surface area contributed by atoms with E-state index in [1.165, 1.54) is 185 Å². The van der Waals surface area contributed by atoms with E-state index in [0.29, 0.717) is 30.1 Å². The standard InChI is InChI=1S/C60H107NO14/c1-5-7-9-11-13-15-17-19-20-21-22-23-24-25-26-27-28-29-30-32-34-36-38-40-52(63)60(70,45-39-37-35-33-31-18-16-14-12-10-8-6-2)56(67)50(47-73-58-55(66)54(65)53(64)51(46-62)74-58)61(59(69)72-4)75-57(68)48-41-43-49(71-3)44-42-48/h41-44,50-51,53-56,58,62,64-67,70H,5-40,45-47H2,1-4H3/t50-,51+,53-,54-,55+,56-,58-,60-/m0/s1. The molecule has 1 aliphatic heterocycles. The number of unbranched alkanes of at least 4 members (excludes halogenated alkanes) is 33. The van der Waals surface area contributed by atoms with Gasteiger partial charge in [0.25, 0.3) is 0 Å². The molecule has 15 nitrogen and oxygen atoms in total. The number of benzene rings is 1. The van der Waals surface area contributed by atoms with Crippen LogP contribution in [0.25, 0.3) is 0 Å². The van der Waals surface area contributed by atoms with Gasteiger partial charge >= 0.3 is 12.1 Å². The first-order valence-electron chi connectivity index (χ1n) is 30.0. The topological polar surface area (TPSA) is 222 Å². The van der Waals surface area contributed by atoms with Crippen molar-refractivity contribution in [3.05, 3.63) is 29.8 Å². The molecular weight excluding hydrogens is 959 g/mol. The van der Waals surface area contributed by atoms with Gasteiger partial charge in [-0.05, 0) is 37.1 Å². The first kappa shape index (κ1) is 68.2. The second-order valence-corrected chi connectivity index (χ2v) is 21.5. The number of Topliss-reactive ketones (excluding diaryl/α,β-unsaturated/α-hetero) is 1. The van der Waals surface area contributed by atoms with Crippen molar-refractivity contribution in [3.8, 4) is 5.75 Å². The number of aliphatic hydroxyl groups excluding tert-OH is 5. The van der Waals surface area contributed by atoms with E-state index in [9.17, 15) is 45.0 Å². The summed E-state index contributed by atoms with van der Waals surface area (Å²) in [6.07, 6.45) is 28.8. The number of rotatable bonds is 47. The average Bonchev–Trinajstić information content (AvgIpc) is 3.42. The molecule has 1 aliphatic rings. The molecule has 0 radical (unpaired) electrons. The van der Waals surface area contributed by atoms with Gasteiger partial charge in [-0.15, -0.1) is 5.06 Å². The number of ketones is 1. The fourth-order valence-electron chi connectivity index (χ4n) is 10.2. The van der Waals surface area contributed by atoms with Crippen LogP contribution in [-0.4, -0.2) is 129 Å². The smallest absolute Gasteiger partial charge is 0.443 e. The Hall–Kier alpha value is -2.89. The van der Waals surface area contributed by atoms with E-state index in [2.05, 4.69) is 13.8 Å². The van der Waals surface area contributed by atoms with Crippen molar-refractivity contribution in [2.24, 2.45) is 0 Å². The van der Waals surface area contributed by atoms with Crippen LogP contribution >= 0.6 is 0 Å². The summed E-state index contributed by atoms with van der Waals surface area (Å²) < 4.78 is 21.6. The molecule has 0 aromatic heterocycles. The zero-order valence-electron chi connectivity index (χ0n) is 47.3. The number of nitrogens with zero attached hydrogens (tertiary/aromatic N) is 1. The third kappa shape index (κ3) is 28.0. The van der Waals surface area contributed by atoms with Crippen LogP contribution in [0.3, 0.4) is 0 Å². The van der Waals surface area contributed by atoms with Crippen molar-refractivity contribution in [2.45, 2.75) is 300 Å². The summed E-state index contributed by atoms with van der Waals surface area (Å²) in [5.41, 5.74) is -2.48. The fraction of sp³-hybridized carbons (Fsp3) is 0.850. The summed E-state index contributed by atoms with van der Waals surface area (Å²) in [5.74, 6) is -1.26. The second-order valence-electron chi connectivity index (χ2n) is 21.5. The van der Waals surface area contributed by atoms with Crippen LogP contribution in [-0.2, 0) is 23.8 Å². The second kappa shape index (κ2) is 43.0. The van der Waals surface area contributed by atoms with Crippen LogP contribution in [0.4, 0.5) is 4.79 Å². The van der Waals surface area contributed by atoms with E-state index >= 15 is 0 Å². The molecule has 0 bridgehead atoms. The van der Waals surface area contributed by atoms with Crippen LogP contribution in [0.2, 0.25) is 0 Å². The molecule has 0 aliphatic carbocycles. The molecule has 1 aromatic carbocycles. The molecular formula is C60H107NO14. The van der Waals surface area contributed by atoms with Crippen LogP contribution in [0.5, 0.6) is 5.75 Å². The fourth-order valence-corrected chi connectivity index (χ4v) is 10.2. The van der Waals surface area contributed by atoms with Gasteiger partial charge in [0, 0.05) is 6.42 Å². The monoisotopic (exact) mass is 1070 g/mol. The van der Waals surface area contributed by atoms with E-state index in [0.717, 1.165) is 58.5 Å². The summed E-state index contributed by atoms with van der Waals surface area (Å²) in [7, 11) is 2.47. The van der Waals surface area contributed by atoms with Gasteiger partial charge in [-0.3, -0.25) is 4.79 Å². The Balaban J connectivity index is 2.07. The predicted octanol–water partition coefficient (Wildman–Crippen LogP) is 12.2. The molecule has 0 saturated carbocycles. The maximum absolute atomic E-state index is 14.4. The number of hydrogen-bond donors (Lipinski definition) is 6. The lowest BCUT2D eigenvalue weighted by Gasteiger charge is -2.42. The zero-order chi connectivity index (χ0) is 54.9. The highest BCUT2D eigenvalue weighted by molar-refractivity contribution is 5.90. The first-order chi connectivity index (χ1) is 36.4. The van der Waals surface area contributed by atoms with E-state index < -0.39 is 79.5 Å². The van der Waals surface area contributed by atoms with Crippen molar-refractivity contribution in [1.29, 1.82) is 0 Å². The normalized spacial score (nSPS) is 19.3. The van der Waals surface area contributed by atoms with E-state index in [1.807, 2.05) is 0 Å². The Morgan fingerprint density at radius 2 is 0.987 bits per heavy atom. The van der Waals surface area contributed by atoms with E-state index in [1.54, 1.807) is 0 Å². The highest BCUT2D eigenvalue weighted by Gasteiger charge is 2.51. The number of hydrogen-bond acceptors (Lipinski definition) is 14. The summed E-state index contributed by atoms with van der Waals surface area (Å²) >= 11 is 0. The van der Waals surface area contributed by atoms with E-state index in [-0.39, 0.29) is 18.4 Å². The minimum Gasteiger partial charge on any atom is -0.497 e. The van der Waals surface area contributed by atoms with Crippen molar-refractivity contribution < 1.29 is 68.8 Å². The third-order valence-corrected chi connectivity index (χ3v) is 15.2. The van der Waals surface area contributed by atoms with Gasteiger partial charge in [-0.1, -0.05) is 232 Å². The van der Waals surface area contributed by atoms with E-state index in [4.69, 9.17) is 23.8 Å². The molecule has 0 unspecified atom stereocenters. The van der Waals surface area contributed by atoms with Crippen molar-refractivity contribution >= 4 is 17.8 Å². The summed E-state index contributed by atoms with van der Waals surface area (Å²) in [5, 5.41) is 66.8. The molecule has 15 heteroatoms. The maximum atomic E-state index is 14.4. The Labute approximate surface area is 453 Å². The largest absolute Gasteiger partial charge is 0.497 e. The number of carbonyl (C=O) groups is 3. The molecule has 8 atom stereocenters. The molecule has 1 saturated heterocycles. The molecule has 1 amide bonds. The summed E-state index contributed by atoms with van der Waals surface area (Å²) in [6.45, 7) is 2.88. The highest BCUT2D eigenvalue weighted by atomic mass is 16.8. The first-order valence-corrected chi connectivity index (χ1v) is 30.0. The molecule has 1 aromatic rings. The SMILES string of the molecule is CCCCCCCCCCCCCCCCCCCCCCCCCC(=O)[C@@](O)(CCCCCCCCCCCCCC)[C@@H](O)[C@H](CO[C@H]1O[C@H](CO)[C@H](O)[C@H](O)[C@H]1O)N(OC(=O)c1ccc(OC)cc1)C(=O)OC. The number of carbonyl (C=O) groups excluding carboxylic acids is 3. The van der Waals surface area contributed by atoms with Gasteiger partial charge in [0.05, 0.1) is 33.0 Å². The van der Waals surface area contributed by atoms with Crippen LogP contribution in [0.15, 0.2) is 24.3 Å². The lowest BCUT2D eigenvalue weighted by atomic mass is 9.80. The van der Waals surface area contributed by atoms with Gasteiger partial charge in [-0.2, -0.15) is 0 Å². The van der Waals surface area contributed by atoms with Gasteiger partial charge in [0.15, 0.2) is 17.7 Å². The van der Waals surface area contributed by atoms with Crippen LogP contribution in [0.1, 0.15) is 262 Å². The number of ether oxygens (including phenoxy) is 4. The average molecular weight is 1070 g/mol. The van der Waals surface area contributed by atoms with Gasteiger partial charge in [0.2, 0.25) is 0 Å². The summed E-state index contributed by atoms with van der Waals surface area (Å²) in [6, 6.07) is 3.93. The highest BCUT2D eigenvalue weighted by Crippen LogP contribution is 2.31. The molecule has 436 valence electrons. The molecule has 1 fully saturated rings. The molecule has 0 spiro atoms. The van der Waals surface area contributed by atoms with Gasteiger partial charge in [-0.25, -0.2) is 9.59 Å². The minimum atomic E-state index is -2.46. The Morgan fingerprint density at radius 3 is 1.37 bits per heavy atom. The predicted molar refractivity (Wildman–Crippen MR) is 294 cm³/mol. The number of amides is 1. The molecule has 1 heterocycles. The quantitative estimate of drug-likeness (QED) is 0.0264. The van der Waals surface area contributed by atoms with Crippen LogP contribution < -0.4 is 4.74 Å². The van der Waals surface area contributed by atoms with Crippen LogP contribution in [0, 0.1) is 0 Å². The zero-order valence-corrected chi connectivity index (χ0v) is 47.3. The lowest BCUT2D eigenvalue weighted by Crippen LogP contribution is -2.63. The minimum absolute atomic E-state index is 0.0177. The Morgan fingerprint density at radius 1 is 0.587 bits per heavy atom. The maximum Gasteiger partial charge on any atom is 0.443 e.